The van der Waals surface area contributed by atoms with Gasteiger partial charge in [-0.2, -0.15) is 0 Å². The lowest BCUT2D eigenvalue weighted by molar-refractivity contribution is -0.178. The summed E-state index contributed by atoms with van der Waals surface area (Å²) in [5.41, 5.74) is 0. The highest BCUT2D eigenvalue weighted by Gasteiger charge is 2.46. The zero-order chi connectivity index (χ0) is 10.7. The maximum atomic E-state index is 9.43. The Morgan fingerprint density at radius 3 is 2.50 bits per heavy atom. The van der Waals surface area contributed by atoms with Gasteiger partial charge in [-0.3, -0.25) is 0 Å². The minimum Gasteiger partial charge on any atom is -0.394 e. The molecule has 14 heavy (non-hydrogen) atoms. The molecule has 0 aromatic carbocycles. The van der Waals surface area contributed by atoms with Crippen molar-refractivity contribution in [3.63, 3.8) is 0 Å². The summed E-state index contributed by atoms with van der Waals surface area (Å²) in [4.78, 5) is 0. The molecule has 0 aromatic heterocycles. The standard InChI is InChI=1S/C8H16O6/c1-2-13-8-6(12)5(11)7(14-8)4(10)3-9/h4-12H,2-3H2,1H3/t4-,5-,6-,7-,8?/m1/s1. The van der Waals surface area contributed by atoms with Crippen molar-refractivity contribution in [3.8, 4) is 0 Å². The third-order valence-electron chi connectivity index (χ3n) is 2.15. The van der Waals surface area contributed by atoms with Crippen LogP contribution < -0.4 is 0 Å². The van der Waals surface area contributed by atoms with Gasteiger partial charge in [0.05, 0.1) is 6.61 Å². The lowest BCUT2D eigenvalue weighted by Crippen LogP contribution is -2.40. The Kier molecular flexibility index (Phi) is 4.24. The summed E-state index contributed by atoms with van der Waals surface area (Å²) >= 11 is 0. The Morgan fingerprint density at radius 1 is 1.36 bits per heavy atom. The van der Waals surface area contributed by atoms with E-state index >= 15 is 0 Å². The maximum absolute atomic E-state index is 9.43. The zero-order valence-corrected chi connectivity index (χ0v) is 7.91. The molecule has 0 bridgehead atoms. The molecule has 1 unspecified atom stereocenters. The molecule has 0 amide bonds. The van der Waals surface area contributed by atoms with E-state index in [2.05, 4.69) is 0 Å². The van der Waals surface area contributed by atoms with Crippen molar-refractivity contribution in [3.05, 3.63) is 0 Å². The monoisotopic (exact) mass is 208 g/mol. The van der Waals surface area contributed by atoms with E-state index in [1.807, 2.05) is 0 Å². The highest BCUT2D eigenvalue weighted by molar-refractivity contribution is 4.90. The van der Waals surface area contributed by atoms with Gasteiger partial charge in [-0.05, 0) is 6.92 Å². The predicted octanol–water partition coefficient (Wildman–Crippen LogP) is -2.18. The normalized spacial score (nSPS) is 40.1. The van der Waals surface area contributed by atoms with Crippen LogP contribution in [0.3, 0.4) is 0 Å². The summed E-state index contributed by atoms with van der Waals surface area (Å²) in [6.45, 7) is 1.52. The van der Waals surface area contributed by atoms with Crippen LogP contribution in [0, 0.1) is 0 Å². The fourth-order valence-electron chi connectivity index (χ4n) is 1.40. The van der Waals surface area contributed by atoms with Gasteiger partial charge in [0.25, 0.3) is 0 Å². The Hall–Kier alpha value is -0.240. The number of hydrogen-bond acceptors (Lipinski definition) is 6. The third kappa shape index (κ3) is 2.22. The van der Waals surface area contributed by atoms with Crippen molar-refractivity contribution in [1.29, 1.82) is 0 Å². The Morgan fingerprint density at radius 2 is 2.00 bits per heavy atom. The van der Waals surface area contributed by atoms with Crippen LogP contribution in [0.15, 0.2) is 0 Å². The second kappa shape index (κ2) is 5.01. The molecule has 1 aliphatic heterocycles. The SMILES string of the molecule is CCOC1O[C@H]([C@H](O)CO)[C@H](O)[C@H]1O. The van der Waals surface area contributed by atoms with Gasteiger partial charge in [-0.15, -0.1) is 0 Å². The average molecular weight is 208 g/mol. The molecule has 0 spiro atoms. The van der Waals surface area contributed by atoms with Crippen molar-refractivity contribution in [2.45, 2.75) is 37.6 Å². The van der Waals surface area contributed by atoms with Crippen LogP contribution in [0.4, 0.5) is 0 Å². The van der Waals surface area contributed by atoms with Crippen molar-refractivity contribution in [2.24, 2.45) is 0 Å². The van der Waals surface area contributed by atoms with E-state index in [1.165, 1.54) is 0 Å². The molecule has 5 atom stereocenters. The molecule has 0 saturated carbocycles. The van der Waals surface area contributed by atoms with Gasteiger partial charge < -0.3 is 29.9 Å². The molecule has 1 saturated heterocycles. The van der Waals surface area contributed by atoms with Crippen LogP contribution in [0.5, 0.6) is 0 Å². The van der Waals surface area contributed by atoms with E-state index in [1.54, 1.807) is 6.92 Å². The molecule has 6 nitrogen and oxygen atoms in total. The summed E-state index contributed by atoms with van der Waals surface area (Å²) in [7, 11) is 0. The molecule has 1 rings (SSSR count). The fourth-order valence-corrected chi connectivity index (χ4v) is 1.40. The van der Waals surface area contributed by atoms with Crippen LogP contribution >= 0.6 is 0 Å². The first-order chi connectivity index (χ1) is 6.61. The molecule has 0 aromatic rings. The van der Waals surface area contributed by atoms with E-state index < -0.39 is 37.3 Å². The minimum atomic E-state index is -1.24. The minimum absolute atomic E-state index is 0.330. The Labute approximate surface area is 81.7 Å². The third-order valence-corrected chi connectivity index (χ3v) is 2.15. The first-order valence-electron chi connectivity index (χ1n) is 4.54. The molecule has 1 heterocycles. The Bertz CT molecular complexity index is 173. The number of aliphatic hydroxyl groups is 4. The first kappa shape index (κ1) is 11.8. The number of rotatable bonds is 4. The van der Waals surface area contributed by atoms with E-state index in [0.29, 0.717) is 6.61 Å². The molecule has 1 fully saturated rings. The Balaban J connectivity index is 2.57. The van der Waals surface area contributed by atoms with Gasteiger partial charge in [-0.1, -0.05) is 0 Å². The van der Waals surface area contributed by atoms with Crippen LogP contribution in [-0.2, 0) is 9.47 Å². The number of hydrogen-bond donors (Lipinski definition) is 4. The van der Waals surface area contributed by atoms with Gasteiger partial charge in [0.1, 0.15) is 24.4 Å². The maximum Gasteiger partial charge on any atom is 0.186 e. The molecular weight excluding hydrogens is 192 g/mol. The van der Waals surface area contributed by atoms with Gasteiger partial charge >= 0.3 is 0 Å². The second-order valence-electron chi connectivity index (χ2n) is 3.16. The van der Waals surface area contributed by atoms with Crippen LogP contribution in [-0.4, -0.2) is 64.3 Å². The smallest absolute Gasteiger partial charge is 0.186 e. The van der Waals surface area contributed by atoms with Crippen molar-refractivity contribution >= 4 is 0 Å². The highest BCUT2D eigenvalue weighted by Crippen LogP contribution is 2.24. The summed E-state index contributed by atoms with van der Waals surface area (Å²) < 4.78 is 10.0. The zero-order valence-electron chi connectivity index (χ0n) is 7.91. The van der Waals surface area contributed by atoms with E-state index in [9.17, 15) is 15.3 Å². The second-order valence-corrected chi connectivity index (χ2v) is 3.16. The quantitative estimate of drug-likeness (QED) is 0.419. The molecule has 0 aliphatic carbocycles. The number of aliphatic hydroxyl groups excluding tert-OH is 4. The molecular formula is C8H16O6. The highest BCUT2D eigenvalue weighted by atomic mass is 16.7. The summed E-state index contributed by atoms with van der Waals surface area (Å²) in [6.07, 6.45) is -5.60. The topological polar surface area (TPSA) is 99.4 Å². The lowest BCUT2D eigenvalue weighted by Gasteiger charge is -2.18. The summed E-state index contributed by atoms with van der Waals surface area (Å²) in [5.74, 6) is 0. The van der Waals surface area contributed by atoms with Gasteiger partial charge in [0.15, 0.2) is 6.29 Å². The number of ether oxygens (including phenoxy) is 2. The van der Waals surface area contributed by atoms with Crippen LogP contribution in [0.25, 0.3) is 0 Å². The summed E-state index contributed by atoms with van der Waals surface area (Å²) in [5, 5.41) is 36.7. The van der Waals surface area contributed by atoms with Crippen LogP contribution in [0.2, 0.25) is 0 Å². The van der Waals surface area contributed by atoms with Crippen LogP contribution in [0.1, 0.15) is 6.92 Å². The van der Waals surface area contributed by atoms with Crippen molar-refractivity contribution in [2.75, 3.05) is 13.2 Å². The van der Waals surface area contributed by atoms with Crippen molar-refractivity contribution in [1.82, 2.24) is 0 Å². The largest absolute Gasteiger partial charge is 0.394 e. The van der Waals surface area contributed by atoms with Crippen molar-refractivity contribution < 1.29 is 29.9 Å². The van der Waals surface area contributed by atoms with Gasteiger partial charge in [0, 0.05) is 6.61 Å². The van der Waals surface area contributed by atoms with Gasteiger partial charge in [0.2, 0.25) is 0 Å². The molecule has 84 valence electrons. The predicted molar refractivity (Wildman–Crippen MR) is 45.4 cm³/mol. The molecule has 0 radical (unpaired) electrons. The first-order valence-corrected chi connectivity index (χ1v) is 4.54. The molecule has 1 aliphatic rings. The summed E-state index contributed by atoms with van der Waals surface area (Å²) in [6, 6.07) is 0. The molecule has 4 N–H and O–H groups in total. The van der Waals surface area contributed by atoms with E-state index in [-0.39, 0.29) is 0 Å². The van der Waals surface area contributed by atoms with Gasteiger partial charge in [-0.25, -0.2) is 0 Å². The lowest BCUT2D eigenvalue weighted by atomic mass is 10.1. The average Bonchev–Trinajstić information content (AvgIpc) is 2.46. The van der Waals surface area contributed by atoms with E-state index in [4.69, 9.17) is 14.6 Å². The van der Waals surface area contributed by atoms with E-state index in [0.717, 1.165) is 0 Å². The molecule has 6 heteroatoms. The fraction of sp³-hybridized carbons (Fsp3) is 1.00.